The Kier molecular flexibility index (Phi) is 3.66. The lowest BCUT2D eigenvalue weighted by molar-refractivity contribution is 0.691. The van der Waals surface area contributed by atoms with Gasteiger partial charge in [-0.2, -0.15) is 0 Å². The molecule has 0 unspecified atom stereocenters. The summed E-state index contributed by atoms with van der Waals surface area (Å²) in [7, 11) is 0. The average Bonchev–Trinajstić information content (AvgIpc) is 2.04. The van der Waals surface area contributed by atoms with E-state index < -0.39 is 0 Å². The standard InChI is InChI=1S/C9H14BrN3/c1-4-13(7(2)3)9-5-8(10)11-6-12-9/h5-7H,4H2,1-3H3. The van der Waals surface area contributed by atoms with Crippen LogP contribution in [0.15, 0.2) is 17.0 Å². The lowest BCUT2D eigenvalue weighted by Gasteiger charge is -2.25. The summed E-state index contributed by atoms with van der Waals surface area (Å²) < 4.78 is 0.830. The largest absolute Gasteiger partial charge is 0.354 e. The molecule has 1 aromatic heterocycles. The summed E-state index contributed by atoms with van der Waals surface area (Å²) in [4.78, 5) is 10.4. The van der Waals surface area contributed by atoms with Gasteiger partial charge in [-0.25, -0.2) is 9.97 Å². The predicted octanol–water partition coefficient (Wildman–Crippen LogP) is 2.47. The van der Waals surface area contributed by atoms with Crippen molar-refractivity contribution in [2.24, 2.45) is 0 Å². The van der Waals surface area contributed by atoms with Crippen molar-refractivity contribution in [2.75, 3.05) is 11.4 Å². The van der Waals surface area contributed by atoms with Crippen LogP contribution in [0.5, 0.6) is 0 Å². The Balaban J connectivity index is 2.91. The van der Waals surface area contributed by atoms with Crippen molar-refractivity contribution in [3.05, 3.63) is 17.0 Å². The highest BCUT2D eigenvalue weighted by atomic mass is 79.9. The maximum Gasteiger partial charge on any atom is 0.133 e. The molecule has 0 aliphatic carbocycles. The highest BCUT2D eigenvalue weighted by Crippen LogP contribution is 2.16. The molecule has 0 radical (unpaired) electrons. The van der Waals surface area contributed by atoms with Crippen LogP contribution in [0, 0.1) is 0 Å². The Hall–Kier alpha value is -0.640. The van der Waals surface area contributed by atoms with E-state index in [1.807, 2.05) is 6.07 Å². The van der Waals surface area contributed by atoms with E-state index in [-0.39, 0.29) is 0 Å². The zero-order chi connectivity index (χ0) is 9.84. The lowest BCUT2D eigenvalue weighted by Crippen LogP contribution is -2.31. The molecule has 72 valence electrons. The van der Waals surface area contributed by atoms with Gasteiger partial charge in [0.25, 0.3) is 0 Å². The minimum Gasteiger partial charge on any atom is -0.354 e. The maximum atomic E-state index is 4.22. The molecular weight excluding hydrogens is 230 g/mol. The molecule has 0 fully saturated rings. The number of hydrogen-bond donors (Lipinski definition) is 0. The van der Waals surface area contributed by atoms with Gasteiger partial charge in [-0.3, -0.25) is 0 Å². The summed E-state index contributed by atoms with van der Waals surface area (Å²) >= 11 is 3.33. The third-order valence-corrected chi connectivity index (χ3v) is 2.31. The number of nitrogens with zero attached hydrogens (tertiary/aromatic N) is 3. The summed E-state index contributed by atoms with van der Waals surface area (Å²) in [5.41, 5.74) is 0. The molecule has 3 nitrogen and oxygen atoms in total. The van der Waals surface area contributed by atoms with Crippen molar-refractivity contribution in [2.45, 2.75) is 26.8 Å². The first-order valence-electron chi connectivity index (χ1n) is 4.39. The second-order valence-corrected chi connectivity index (χ2v) is 3.89. The van der Waals surface area contributed by atoms with E-state index in [1.54, 1.807) is 6.33 Å². The molecule has 13 heavy (non-hydrogen) atoms. The number of anilines is 1. The van der Waals surface area contributed by atoms with E-state index in [2.05, 4.69) is 51.6 Å². The highest BCUT2D eigenvalue weighted by Gasteiger charge is 2.09. The normalized spacial score (nSPS) is 10.5. The molecule has 1 rings (SSSR count). The highest BCUT2D eigenvalue weighted by molar-refractivity contribution is 9.10. The van der Waals surface area contributed by atoms with Gasteiger partial charge in [0.1, 0.15) is 16.7 Å². The molecule has 0 aliphatic heterocycles. The maximum absolute atomic E-state index is 4.22. The molecule has 0 spiro atoms. The van der Waals surface area contributed by atoms with E-state index in [0.29, 0.717) is 6.04 Å². The number of aromatic nitrogens is 2. The van der Waals surface area contributed by atoms with Gasteiger partial charge in [-0.15, -0.1) is 0 Å². The molecule has 0 saturated carbocycles. The van der Waals surface area contributed by atoms with Gasteiger partial charge < -0.3 is 4.90 Å². The minimum atomic E-state index is 0.465. The van der Waals surface area contributed by atoms with Crippen molar-refractivity contribution >= 4 is 21.7 Å². The van der Waals surface area contributed by atoms with Gasteiger partial charge in [0, 0.05) is 18.7 Å². The molecule has 1 aromatic rings. The van der Waals surface area contributed by atoms with E-state index in [4.69, 9.17) is 0 Å². The van der Waals surface area contributed by atoms with E-state index in [9.17, 15) is 0 Å². The Morgan fingerprint density at radius 3 is 2.62 bits per heavy atom. The predicted molar refractivity (Wildman–Crippen MR) is 57.9 cm³/mol. The van der Waals surface area contributed by atoms with Crippen molar-refractivity contribution in [1.82, 2.24) is 9.97 Å². The molecule has 0 aliphatic rings. The molecule has 0 bridgehead atoms. The molecule has 0 N–H and O–H groups in total. The molecular formula is C9H14BrN3. The summed E-state index contributed by atoms with van der Waals surface area (Å²) in [5.74, 6) is 0.972. The van der Waals surface area contributed by atoms with E-state index in [1.165, 1.54) is 0 Å². The van der Waals surface area contributed by atoms with Gasteiger partial charge >= 0.3 is 0 Å². The smallest absolute Gasteiger partial charge is 0.133 e. The van der Waals surface area contributed by atoms with Crippen LogP contribution in [0.4, 0.5) is 5.82 Å². The fraction of sp³-hybridized carbons (Fsp3) is 0.556. The Bertz CT molecular complexity index is 275. The SMILES string of the molecule is CCN(c1cc(Br)ncn1)C(C)C. The average molecular weight is 244 g/mol. The molecule has 0 saturated heterocycles. The summed E-state index contributed by atoms with van der Waals surface area (Å²) in [6, 6.07) is 2.40. The van der Waals surface area contributed by atoms with Crippen LogP contribution >= 0.6 is 15.9 Å². The third kappa shape index (κ3) is 2.66. The number of rotatable bonds is 3. The van der Waals surface area contributed by atoms with Crippen LogP contribution in [0.2, 0.25) is 0 Å². The second-order valence-electron chi connectivity index (χ2n) is 3.08. The van der Waals surface area contributed by atoms with Crippen molar-refractivity contribution < 1.29 is 0 Å². The molecule has 0 aromatic carbocycles. The van der Waals surface area contributed by atoms with Crippen LogP contribution in [0.25, 0.3) is 0 Å². The van der Waals surface area contributed by atoms with Crippen LogP contribution in [-0.2, 0) is 0 Å². The van der Waals surface area contributed by atoms with Crippen LogP contribution in [0.3, 0.4) is 0 Å². The zero-order valence-corrected chi connectivity index (χ0v) is 9.74. The van der Waals surface area contributed by atoms with Crippen molar-refractivity contribution in [1.29, 1.82) is 0 Å². The van der Waals surface area contributed by atoms with Crippen LogP contribution in [-0.4, -0.2) is 22.6 Å². The van der Waals surface area contributed by atoms with Gasteiger partial charge in [-0.1, -0.05) is 0 Å². The Morgan fingerprint density at radius 1 is 1.46 bits per heavy atom. The van der Waals surface area contributed by atoms with Crippen LogP contribution in [0.1, 0.15) is 20.8 Å². The number of hydrogen-bond acceptors (Lipinski definition) is 3. The molecule has 4 heteroatoms. The van der Waals surface area contributed by atoms with Crippen LogP contribution < -0.4 is 4.90 Å². The summed E-state index contributed by atoms with van der Waals surface area (Å²) in [6.45, 7) is 7.39. The summed E-state index contributed by atoms with van der Waals surface area (Å²) in [5, 5.41) is 0. The van der Waals surface area contributed by atoms with Crippen molar-refractivity contribution in [3.63, 3.8) is 0 Å². The zero-order valence-electron chi connectivity index (χ0n) is 8.16. The first kappa shape index (κ1) is 10.4. The van der Waals surface area contributed by atoms with Gasteiger partial charge in [0.05, 0.1) is 0 Å². The molecule has 0 atom stereocenters. The van der Waals surface area contributed by atoms with Crippen molar-refractivity contribution in [3.8, 4) is 0 Å². The minimum absolute atomic E-state index is 0.465. The monoisotopic (exact) mass is 243 g/mol. The first-order chi connectivity index (χ1) is 6.15. The Morgan fingerprint density at radius 2 is 2.15 bits per heavy atom. The lowest BCUT2D eigenvalue weighted by atomic mass is 10.3. The summed E-state index contributed by atoms with van der Waals surface area (Å²) in [6.07, 6.45) is 1.57. The fourth-order valence-electron chi connectivity index (χ4n) is 1.27. The van der Waals surface area contributed by atoms with E-state index in [0.717, 1.165) is 17.0 Å². The molecule has 0 amide bonds. The van der Waals surface area contributed by atoms with Gasteiger partial charge in [0.15, 0.2) is 0 Å². The van der Waals surface area contributed by atoms with Gasteiger partial charge in [-0.05, 0) is 36.7 Å². The fourth-order valence-corrected chi connectivity index (χ4v) is 1.57. The van der Waals surface area contributed by atoms with Gasteiger partial charge in [0.2, 0.25) is 0 Å². The van der Waals surface area contributed by atoms with E-state index >= 15 is 0 Å². The quantitative estimate of drug-likeness (QED) is 0.765. The second kappa shape index (κ2) is 4.56. The topological polar surface area (TPSA) is 29.0 Å². The Labute approximate surface area is 87.3 Å². The number of halogens is 1. The third-order valence-electron chi connectivity index (χ3n) is 1.88. The molecule has 1 heterocycles. The first-order valence-corrected chi connectivity index (χ1v) is 5.18.